The van der Waals surface area contributed by atoms with Crippen LogP contribution in [-0.2, 0) is 28.5 Å². The molecule has 1 aromatic heterocycles. The van der Waals surface area contributed by atoms with Crippen molar-refractivity contribution in [3.8, 4) is 11.3 Å². The molecule has 9 heteroatoms. The molecule has 1 aliphatic heterocycles. The largest absolute Gasteiger partial charge is 0.387 e. The van der Waals surface area contributed by atoms with Gasteiger partial charge in [0.05, 0.1) is 19.1 Å². The van der Waals surface area contributed by atoms with Crippen molar-refractivity contribution in [2.45, 2.75) is 38.1 Å². The molecular formula is C31H30F2N4O3. The fourth-order valence-corrected chi connectivity index (χ4v) is 4.46. The molecule has 2 heterocycles. The molecule has 1 amide bonds. The minimum absolute atomic E-state index is 0.0268. The number of halogens is 2. The number of aromatic nitrogens is 2. The lowest BCUT2D eigenvalue weighted by atomic mass is 10.0. The summed E-state index contributed by atoms with van der Waals surface area (Å²) in [6, 6.07) is 22.8. The second-order valence-corrected chi connectivity index (χ2v) is 9.85. The predicted octanol–water partition coefficient (Wildman–Crippen LogP) is 5.20. The number of carbonyl (C=O) groups excluding carboxylic acids is 1. The zero-order valence-electron chi connectivity index (χ0n) is 22.0. The van der Waals surface area contributed by atoms with E-state index in [4.69, 9.17) is 4.74 Å². The van der Waals surface area contributed by atoms with Gasteiger partial charge in [0.15, 0.2) is 5.82 Å². The van der Waals surface area contributed by atoms with Gasteiger partial charge >= 0.3 is 0 Å². The average Bonchev–Trinajstić information content (AvgIpc) is 2.93. The number of alkyl halides is 2. The number of rotatable bonds is 10. The van der Waals surface area contributed by atoms with E-state index in [1.165, 1.54) is 24.3 Å². The summed E-state index contributed by atoms with van der Waals surface area (Å²) in [6.07, 6.45) is 1.67. The average molecular weight is 545 g/mol. The molecule has 0 spiro atoms. The Labute approximate surface area is 231 Å². The second-order valence-electron chi connectivity index (χ2n) is 9.85. The summed E-state index contributed by atoms with van der Waals surface area (Å²) in [5.74, 6) is -2.84. The number of nitrogens with one attached hydrogen (secondary N) is 1. The van der Waals surface area contributed by atoms with E-state index in [2.05, 4.69) is 20.2 Å². The lowest BCUT2D eigenvalue weighted by Gasteiger charge is -2.40. The van der Waals surface area contributed by atoms with Gasteiger partial charge in [0.2, 0.25) is 5.91 Å². The van der Waals surface area contributed by atoms with E-state index in [1.54, 1.807) is 24.5 Å². The van der Waals surface area contributed by atoms with Gasteiger partial charge in [0.1, 0.15) is 11.8 Å². The van der Waals surface area contributed by atoms with Gasteiger partial charge in [-0.25, -0.2) is 4.98 Å². The minimum Gasteiger partial charge on any atom is -0.387 e. The van der Waals surface area contributed by atoms with Crippen LogP contribution in [0, 0.1) is 0 Å². The number of amides is 1. The van der Waals surface area contributed by atoms with Crippen molar-refractivity contribution >= 4 is 17.4 Å². The maximum absolute atomic E-state index is 14.0. The molecule has 0 bridgehead atoms. The number of aliphatic hydroxyl groups is 1. The predicted molar refractivity (Wildman–Crippen MR) is 149 cm³/mol. The van der Waals surface area contributed by atoms with Crippen LogP contribution in [0.25, 0.3) is 11.3 Å². The summed E-state index contributed by atoms with van der Waals surface area (Å²) in [4.78, 5) is 23.8. The minimum atomic E-state index is -3.35. The Morgan fingerprint density at radius 2 is 1.68 bits per heavy atom. The van der Waals surface area contributed by atoms with Gasteiger partial charge in [0.25, 0.3) is 5.92 Å². The Morgan fingerprint density at radius 3 is 2.35 bits per heavy atom. The highest BCUT2D eigenvalue weighted by atomic mass is 19.3. The van der Waals surface area contributed by atoms with Crippen molar-refractivity contribution in [2.75, 3.05) is 23.3 Å². The normalized spacial score (nSPS) is 14.4. The Hall–Kier alpha value is -4.21. The number of aliphatic hydroxyl groups excluding tert-OH is 1. The van der Waals surface area contributed by atoms with Gasteiger partial charge in [-0.05, 0) is 30.2 Å². The fourth-order valence-electron chi connectivity index (χ4n) is 4.46. The van der Waals surface area contributed by atoms with Crippen LogP contribution in [0.3, 0.4) is 0 Å². The van der Waals surface area contributed by atoms with Crippen LogP contribution >= 0.6 is 0 Å². The van der Waals surface area contributed by atoms with Gasteiger partial charge in [-0.1, -0.05) is 66.7 Å². The summed E-state index contributed by atoms with van der Waals surface area (Å²) in [5.41, 5.74) is 3.65. The molecule has 40 heavy (non-hydrogen) atoms. The van der Waals surface area contributed by atoms with Crippen molar-refractivity contribution in [1.29, 1.82) is 0 Å². The molecule has 7 nitrogen and oxygen atoms in total. The summed E-state index contributed by atoms with van der Waals surface area (Å²) in [6.45, 7) is 3.07. The van der Waals surface area contributed by atoms with Crippen molar-refractivity contribution in [2.24, 2.45) is 0 Å². The first-order valence-electron chi connectivity index (χ1n) is 13.1. The SMILES string of the molecule is CC(O)C(F)(F)c1ccc(CC(=O)Nc2ccc(-c3nccnc3N3CC(OCc4ccccc4)C3)cc2)cc1. The maximum Gasteiger partial charge on any atom is 0.298 e. The summed E-state index contributed by atoms with van der Waals surface area (Å²) >= 11 is 0. The van der Waals surface area contributed by atoms with Gasteiger partial charge in [-0.2, -0.15) is 8.78 Å². The summed E-state index contributed by atoms with van der Waals surface area (Å²) in [7, 11) is 0. The molecule has 1 saturated heterocycles. The summed E-state index contributed by atoms with van der Waals surface area (Å²) < 4.78 is 34.0. The van der Waals surface area contributed by atoms with Crippen molar-refractivity contribution < 1.29 is 23.4 Å². The molecule has 2 N–H and O–H groups in total. The first kappa shape index (κ1) is 27.4. The molecular weight excluding hydrogens is 514 g/mol. The van der Waals surface area contributed by atoms with E-state index < -0.39 is 12.0 Å². The van der Waals surface area contributed by atoms with Crippen LogP contribution in [0.1, 0.15) is 23.6 Å². The number of hydrogen-bond acceptors (Lipinski definition) is 6. The highest BCUT2D eigenvalue weighted by Gasteiger charge is 2.37. The second kappa shape index (κ2) is 11.9. The molecule has 1 unspecified atom stereocenters. The monoisotopic (exact) mass is 544 g/mol. The smallest absolute Gasteiger partial charge is 0.298 e. The molecule has 1 atom stereocenters. The number of nitrogens with zero attached hydrogens (tertiary/aromatic N) is 3. The number of carbonyl (C=O) groups is 1. The number of benzene rings is 3. The quantitative estimate of drug-likeness (QED) is 0.285. The zero-order chi connectivity index (χ0) is 28.1. The lowest BCUT2D eigenvalue weighted by Crippen LogP contribution is -2.52. The van der Waals surface area contributed by atoms with E-state index in [-0.39, 0.29) is 24.0 Å². The third-order valence-corrected chi connectivity index (χ3v) is 6.83. The third-order valence-electron chi connectivity index (χ3n) is 6.83. The molecule has 0 aliphatic carbocycles. The highest BCUT2D eigenvalue weighted by molar-refractivity contribution is 5.92. The molecule has 4 aromatic rings. The van der Waals surface area contributed by atoms with E-state index in [0.29, 0.717) is 17.9 Å². The van der Waals surface area contributed by atoms with Crippen LogP contribution in [0.4, 0.5) is 20.3 Å². The van der Waals surface area contributed by atoms with Gasteiger partial charge < -0.3 is 20.1 Å². The molecule has 0 saturated carbocycles. The fraction of sp³-hybridized carbons (Fsp3) is 0.258. The first-order valence-corrected chi connectivity index (χ1v) is 13.1. The van der Waals surface area contributed by atoms with E-state index in [9.17, 15) is 18.7 Å². The van der Waals surface area contributed by atoms with Crippen LogP contribution in [0.2, 0.25) is 0 Å². The number of ether oxygens (including phenoxy) is 1. The van der Waals surface area contributed by atoms with Gasteiger partial charge in [-0.15, -0.1) is 0 Å². The molecule has 1 fully saturated rings. The van der Waals surface area contributed by atoms with Crippen LogP contribution < -0.4 is 10.2 Å². The van der Waals surface area contributed by atoms with Crippen LogP contribution in [0.5, 0.6) is 0 Å². The Balaban J connectivity index is 1.16. The van der Waals surface area contributed by atoms with Crippen molar-refractivity contribution in [3.63, 3.8) is 0 Å². The van der Waals surface area contributed by atoms with Crippen LogP contribution in [0.15, 0.2) is 91.3 Å². The Bertz CT molecular complexity index is 1430. The topological polar surface area (TPSA) is 87.6 Å². The van der Waals surface area contributed by atoms with E-state index in [1.807, 2.05) is 42.5 Å². The molecule has 3 aromatic carbocycles. The lowest BCUT2D eigenvalue weighted by molar-refractivity contribution is -0.115. The van der Waals surface area contributed by atoms with Crippen molar-refractivity contribution in [1.82, 2.24) is 9.97 Å². The molecule has 5 rings (SSSR count). The molecule has 0 radical (unpaired) electrons. The zero-order valence-corrected chi connectivity index (χ0v) is 22.0. The third kappa shape index (κ3) is 6.32. The molecule has 206 valence electrons. The Kier molecular flexibility index (Phi) is 8.14. The van der Waals surface area contributed by atoms with Gasteiger partial charge in [0, 0.05) is 42.3 Å². The van der Waals surface area contributed by atoms with E-state index >= 15 is 0 Å². The summed E-state index contributed by atoms with van der Waals surface area (Å²) in [5, 5.41) is 12.1. The van der Waals surface area contributed by atoms with Gasteiger partial charge in [-0.3, -0.25) is 9.78 Å². The Morgan fingerprint density at radius 1 is 1.00 bits per heavy atom. The maximum atomic E-state index is 14.0. The number of hydrogen-bond donors (Lipinski definition) is 2. The number of anilines is 2. The standard InChI is InChI=1S/C31H30F2N4O3/c1-21(38)31(32,33)25-11-7-22(8-12-25)17-28(39)36-26-13-9-24(10-14-26)29-30(35-16-15-34-29)37-18-27(19-37)40-20-23-5-3-2-4-6-23/h2-16,21,27,38H,17-20H2,1H3,(H,36,39). The molecule has 1 aliphatic rings. The van der Waals surface area contributed by atoms with Crippen molar-refractivity contribution in [3.05, 3.63) is 108 Å². The first-order chi connectivity index (χ1) is 19.3. The van der Waals surface area contributed by atoms with Crippen LogP contribution in [-0.4, -0.2) is 46.3 Å². The van der Waals surface area contributed by atoms with E-state index in [0.717, 1.165) is 42.7 Å². The highest BCUT2D eigenvalue weighted by Crippen LogP contribution is 2.32.